The van der Waals surface area contributed by atoms with Gasteiger partial charge >= 0.3 is 0 Å². The van der Waals surface area contributed by atoms with Gasteiger partial charge in [0.05, 0.1) is 42.3 Å². The van der Waals surface area contributed by atoms with Gasteiger partial charge in [-0.1, -0.05) is 20.3 Å². The number of fused-ring (bicyclic) bond motifs is 1. The van der Waals surface area contributed by atoms with Crippen LogP contribution in [0, 0.1) is 11.8 Å². The van der Waals surface area contributed by atoms with Crippen LogP contribution in [0.5, 0.6) is 0 Å². The standard InChI is InChI=1S/C21H31N5O4S/c1-14(2)18-19-17(26(21(18)28)31(3,29)30)7-10-25(19)20(27)16-12-22-15(11-23-16)13-24-8-5-4-6-9-24/h11-12,14,17-19H,4-10,13H2,1-3H3/t17-,18+,19-/m0/s1. The fourth-order valence-electron chi connectivity index (χ4n) is 5.31. The first-order valence-corrected chi connectivity index (χ1v) is 12.9. The molecule has 9 nitrogen and oxygen atoms in total. The number of piperidine rings is 1. The Hall–Kier alpha value is -2.07. The molecule has 3 aliphatic heterocycles. The molecule has 0 radical (unpaired) electrons. The van der Waals surface area contributed by atoms with Crippen molar-refractivity contribution in [2.24, 2.45) is 11.8 Å². The lowest BCUT2D eigenvalue weighted by Crippen LogP contribution is -2.44. The average molecular weight is 450 g/mol. The number of carbonyl (C=O) groups excluding carboxylic acids is 2. The molecule has 3 fully saturated rings. The molecule has 0 saturated carbocycles. The summed E-state index contributed by atoms with van der Waals surface area (Å²) in [6.07, 6.45) is 8.32. The van der Waals surface area contributed by atoms with Crippen LogP contribution in [0.1, 0.15) is 55.7 Å². The van der Waals surface area contributed by atoms with Gasteiger partial charge in [0, 0.05) is 13.1 Å². The number of sulfonamides is 1. The fraction of sp³-hybridized carbons (Fsp3) is 0.714. The van der Waals surface area contributed by atoms with Gasteiger partial charge in [0.1, 0.15) is 5.69 Å². The van der Waals surface area contributed by atoms with E-state index in [-0.39, 0.29) is 17.5 Å². The Labute approximate surface area is 183 Å². The van der Waals surface area contributed by atoms with Crippen molar-refractivity contribution in [2.75, 3.05) is 25.9 Å². The van der Waals surface area contributed by atoms with E-state index in [1.807, 2.05) is 13.8 Å². The van der Waals surface area contributed by atoms with Crippen molar-refractivity contribution >= 4 is 21.8 Å². The maximum Gasteiger partial charge on any atom is 0.274 e. The molecule has 0 aliphatic carbocycles. The van der Waals surface area contributed by atoms with Crippen molar-refractivity contribution in [3.8, 4) is 0 Å². The SMILES string of the molecule is CC(C)[C@H]1C(=O)N(S(C)(=O)=O)[C@H]2CCN(C(=O)c3cnc(CN4CCCCC4)cn3)[C@H]12. The summed E-state index contributed by atoms with van der Waals surface area (Å²) >= 11 is 0. The highest BCUT2D eigenvalue weighted by Crippen LogP contribution is 2.41. The van der Waals surface area contributed by atoms with Gasteiger partial charge in [-0.05, 0) is 38.3 Å². The summed E-state index contributed by atoms with van der Waals surface area (Å²) in [5.41, 5.74) is 1.06. The number of nitrogens with zero attached hydrogens (tertiary/aromatic N) is 5. The van der Waals surface area contributed by atoms with E-state index in [0.29, 0.717) is 13.0 Å². The zero-order valence-electron chi connectivity index (χ0n) is 18.4. The van der Waals surface area contributed by atoms with Gasteiger partial charge in [0.2, 0.25) is 15.9 Å². The Balaban J connectivity index is 1.53. The van der Waals surface area contributed by atoms with Gasteiger partial charge in [0.25, 0.3) is 5.91 Å². The summed E-state index contributed by atoms with van der Waals surface area (Å²) in [5.74, 6) is -1.33. The minimum Gasteiger partial charge on any atom is -0.331 e. The molecule has 4 heterocycles. The van der Waals surface area contributed by atoms with E-state index in [0.717, 1.165) is 35.9 Å². The van der Waals surface area contributed by atoms with Crippen molar-refractivity contribution in [1.29, 1.82) is 0 Å². The fourth-order valence-corrected chi connectivity index (χ4v) is 6.48. The summed E-state index contributed by atoms with van der Waals surface area (Å²) in [6.45, 7) is 7.02. The van der Waals surface area contributed by atoms with Crippen LogP contribution in [-0.2, 0) is 21.4 Å². The van der Waals surface area contributed by atoms with Crippen LogP contribution in [0.15, 0.2) is 12.4 Å². The van der Waals surface area contributed by atoms with Crippen LogP contribution < -0.4 is 0 Å². The maximum atomic E-state index is 13.3. The topological polar surface area (TPSA) is 104 Å². The van der Waals surface area contributed by atoms with Crippen LogP contribution in [-0.4, -0.2) is 82.3 Å². The molecule has 1 aromatic heterocycles. The molecule has 0 spiro atoms. The molecule has 170 valence electrons. The molecule has 0 bridgehead atoms. The third-order valence-corrected chi connectivity index (χ3v) is 7.85. The highest BCUT2D eigenvalue weighted by atomic mass is 32.2. The second-order valence-electron chi connectivity index (χ2n) is 9.24. The lowest BCUT2D eigenvalue weighted by atomic mass is 9.88. The highest BCUT2D eigenvalue weighted by molar-refractivity contribution is 7.88. The molecule has 3 saturated heterocycles. The second-order valence-corrected chi connectivity index (χ2v) is 11.1. The smallest absolute Gasteiger partial charge is 0.274 e. The average Bonchev–Trinajstić information content (AvgIpc) is 3.24. The molecule has 31 heavy (non-hydrogen) atoms. The van der Waals surface area contributed by atoms with E-state index >= 15 is 0 Å². The van der Waals surface area contributed by atoms with Crippen LogP contribution in [0.4, 0.5) is 0 Å². The first-order chi connectivity index (χ1) is 14.7. The first kappa shape index (κ1) is 22.1. The summed E-state index contributed by atoms with van der Waals surface area (Å²) in [5, 5.41) is 0. The van der Waals surface area contributed by atoms with Crippen molar-refractivity contribution < 1.29 is 18.0 Å². The van der Waals surface area contributed by atoms with Crippen molar-refractivity contribution in [1.82, 2.24) is 24.1 Å². The summed E-state index contributed by atoms with van der Waals surface area (Å²) < 4.78 is 25.6. The largest absolute Gasteiger partial charge is 0.331 e. The van der Waals surface area contributed by atoms with E-state index in [4.69, 9.17) is 0 Å². The number of hydrogen-bond acceptors (Lipinski definition) is 7. The van der Waals surface area contributed by atoms with Crippen LogP contribution in [0.2, 0.25) is 0 Å². The molecule has 0 aromatic carbocycles. The van der Waals surface area contributed by atoms with Gasteiger partial charge in [-0.3, -0.25) is 19.5 Å². The van der Waals surface area contributed by atoms with E-state index in [1.165, 1.54) is 25.5 Å². The van der Waals surface area contributed by atoms with E-state index < -0.39 is 33.9 Å². The van der Waals surface area contributed by atoms with E-state index in [1.54, 1.807) is 11.1 Å². The lowest BCUT2D eigenvalue weighted by Gasteiger charge is -2.29. The molecule has 1 aromatic rings. The number of rotatable bonds is 5. The normalized spacial score (nSPS) is 27.2. The third kappa shape index (κ3) is 4.19. The quantitative estimate of drug-likeness (QED) is 0.663. The Bertz CT molecular complexity index is 943. The molecule has 3 atom stereocenters. The minimum absolute atomic E-state index is 0.0850. The molecule has 10 heteroatoms. The second kappa shape index (κ2) is 8.46. The Morgan fingerprint density at radius 1 is 1.13 bits per heavy atom. The molecule has 0 unspecified atom stereocenters. The predicted molar refractivity (Wildman–Crippen MR) is 114 cm³/mol. The van der Waals surface area contributed by atoms with E-state index in [2.05, 4.69) is 14.9 Å². The molecule has 3 aliphatic rings. The number of hydrogen-bond donors (Lipinski definition) is 0. The highest BCUT2D eigenvalue weighted by Gasteiger charge is 2.58. The van der Waals surface area contributed by atoms with Gasteiger partial charge in [0.15, 0.2) is 0 Å². The van der Waals surface area contributed by atoms with Crippen LogP contribution in [0.3, 0.4) is 0 Å². The number of amides is 2. The maximum absolute atomic E-state index is 13.3. The molecular formula is C21H31N5O4S. The number of likely N-dealkylation sites (tertiary alicyclic amines) is 2. The number of carbonyl (C=O) groups is 2. The van der Waals surface area contributed by atoms with Crippen LogP contribution in [0.25, 0.3) is 0 Å². The third-order valence-electron chi connectivity index (χ3n) is 6.69. The Morgan fingerprint density at radius 3 is 2.42 bits per heavy atom. The molecule has 4 rings (SSSR count). The zero-order chi connectivity index (χ0) is 22.3. The first-order valence-electron chi connectivity index (χ1n) is 11.1. The predicted octanol–water partition coefficient (Wildman–Crippen LogP) is 1.12. The Kier molecular flexibility index (Phi) is 6.04. The molecule has 0 N–H and O–H groups in total. The summed E-state index contributed by atoms with van der Waals surface area (Å²) in [4.78, 5) is 39.0. The van der Waals surface area contributed by atoms with Gasteiger partial charge in [-0.2, -0.15) is 0 Å². The summed E-state index contributed by atoms with van der Waals surface area (Å²) in [6, 6.07) is -0.977. The van der Waals surface area contributed by atoms with Gasteiger partial charge in [-0.15, -0.1) is 0 Å². The van der Waals surface area contributed by atoms with Crippen molar-refractivity contribution in [2.45, 2.75) is 58.2 Å². The lowest BCUT2D eigenvalue weighted by molar-refractivity contribution is -0.129. The van der Waals surface area contributed by atoms with Gasteiger partial charge < -0.3 is 4.90 Å². The van der Waals surface area contributed by atoms with Gasteiger partial charge in [-0.25, -0.2) is 17.7 Å². The molecule has 2 amide bonds. The monoisotopic (exact) mass is 449 g/mol. The zero-order valence-corrected chi connectivity index (χ0v) is 19.2. The summed E-state index contributed by atoms with van der Waals surface area (Å²) in [7, 11) is -3.69. The Morgan fingerprint density at radius 2 is 1.84 bits per heavy atom. The van der Waals surface area contributed by atoms with E-state index in [9.17, 15) is 18.0 Å². The van der Waals surface area contributed by atoms with Crippen molar-refractivity contribution in [3.05, 3.63) is 23.8 Å². The van der Waals surface area contributed by atoms with Crippen molar-refractivity contribution in [3.63, 3.8) is 0 Å². The van der Waals surface area contributed by atoms with Crippen LogP contribution >= 0.6 is 0 Å². The minimum atomic E-state index is -3.69. The number of aromatic nitrogens is 2. The molecular weight excluding hydrogens is 418 g/mol.